The van der Waals surface area contributed by atoms with Gasteiger partial charge in [0.15, 0.2) is 0 Å². The lowest BCUT2D eigenvalue weighted by Gasteiger charge is -2.14. The molecular formula is C9H10N2O5. The zero-order chi connectivity index (χ0) is 12.3. The van der Waals surface area contributed by atoms with Crippen LogP contribution in [0.5, 0.6) is 0 Å². The smallest absolute Gasteiger partial charge is 0.323 e. The fraction of sp³-hybridized carbons (Fsp3) is 0.222. The number of benzene rings is 1. The normalized spacial score (nSPS) is 14.1. The maximum atomic E-state index is 10.5. The fourth-order valence-electron chi connectivity index (χ4n) is 1.14. The molecule has 16 heavy (non-hydrogen) atoms. The van der Waals surface area contributed by atoms with Crippen molar-refractivity contribution in [1.29, 1.82) is 0 Å². The zero-order valence-electron chi connectivity index (χ0n) is 8.11. The summed E-state index contributed by atoms with van der Waals surface area (Å²) in [6.45, 7) is 0. The van der Waals surface area contributed by atoms with Crippen molar-refractivity contribution in [2.75, 3.05) is 0 Å². The van der Waals surface area contributed by atoms with Crippen LogP contribution in [-0.4, -0.2) is 27.1 Å². The van der Waals surface area contributed by atoms with Crippen LogP contribution < -0.4 is 5.73 Å². The Morgan fingerprint density at radius 1 is 1.38 bits per heavy atom. The second-order valence-corrected chi connectivity index (χ2v) is 3.16. The zero-order valence-corrected chi connectivity index (χ0v) is 8.11. The fourth-order valence-corrected chi connectivity index (χ4v) is 1.14. The monoisotopic (exact) mass is 226 g/mol. The Labute approximate surface area is 90.3 Å². The van der Waals surface area contributed by atoms with E-state index in [9.17, 15) is 20.0 Å². The first-order chi connectivity index (χ1) is 7.43. The molecule has 0 radical (unpaired) electrons. The average molecular weight is 226 g/mol. The number of hydrogen-bond donors (Lipinski definition) is 3. The molecule has 0 aliphatic heterocycles. The Balaban J connectivity index is 2.89. The van der Waals surface area contributed by atoms with Crippen molar-refractivity contribution in [1.82, 2.24) is 0 Å². The van der Waals surface area contributed by atoms with Crippen LogP contribution in [0.3, 0.4) is 0 Å². The summed E-state index contributed by atoms with van der Waals surface area (Å²) in [5.41, 5.74) is 5.29. The number of non-ortho nitro benzene ring substituents is 1. The van der Waals surface area contributed by atoms with Crippen LogP contribution in [0.25, 0.3) is 0 Å². The molecule has 86 valence electrons. The van der Waals surface area contributed by atoms with Gasteiger partial charge in [-0.2, -0.15) is 0 Å². The van der Waals surface area contributed by atoms with E-state index in [4.69, 9.17) is 10.8 Å². The van der Waals surface area contributed by atoms with E-state index in [2.05, 4.69) is 0 Å². The molecule has 0 bridgehead atoms. The molecule has 0 aliphatic carbocycles. The van der Waals surface area contributed by atoms with Gasteiger partial charge in [0.2, 0.25) is 0 Å². The highest BCUT2D eigenvalue weighted by atomic mass is 16.6. The van der Waals surface area contributed by atoms with Gasteiger partial charge in [0.05, 0.1) is 4.92 Å². The van der Waals surface area contributed by atoms with Gasteiger partial charge in [0.25, 0.3) is 5.69 Å². The molecule has 1 rings (SSSR count). The summed E-state index contributed by atoms with van der Waals surface area (Å²) in [7, 11) is 0. The Hall–Kier alpha value is -1.99. The van der Waals surface area contributed by atoms with Crippen LogP contribution in [0.4, 0.5) is 5.69 Å². The number of nitro groups is 1. The lowest BCUT2D eigenvalue weighted by atomic mass is 10.0. The predicted octanol–water partition coefficient (Wildman–Crippen LogP) is 0.0401. The third-order valence-corrected chi connectivity index (χ3v) is 2.07. The summed E-state index contributed by atoms with van der Waals surface area (Å²) in [6, 6.07) is 3.43. The Morgan fingerprint density at radius 2 is 1.88 bits per heavy atom. The van der Waals surface area contributed by atoms with Crippen molar-refractivity contribution in [3.63, 3.8) is 0 Å². The summed E-state index contributed by atoms with van der Waals surface area (Å²) in [5.74, 6) is -1.34. The highest BCUT2D eigenvalue weighted by molar-refractivity contribution is 5.74. The van der Waals surface area contributed by atoms with Gasteiger partial charge in [-0.25, -0.2) is 0 Å². The van der Waals surface area contributed by atoms with E-state index < -0.39 is 23.0 Å². The first-order valence-corrected chi connectivity index (χ1v) is 4.34. The molecule has 0 amide bonds. The van der Waals surface area contributed by atoms with Gasteiger partial charge in [0.1, 0.15) is 12.1 Å². The molecule has 4 N–H and O–H groups in total. The minimum atomic E-state index is -1.46. The first-order valence-electron chi connectivity index (χ1n) is 4.34. The molecule has 0 heterocycles. The van der Waals surface area contributed by atoms with Crippen molar-refractivity contribution < 1.29 is 19.9 Å². The molecule has 0 unspecified atom stereocenters. The minimum absolute atomic E-state index is 0.139. The molecule has 0 spiro atoms. The number of nitro benzene ring substituents is 1. The van der Waals surface area contributed by atoms with E-state index in [0.717, 1.165) is 0 Å². The van der Waals surface area contributed by atoms with E-state index >= 15 is 0 Å². The molecule has 0 fully saturated rings. The van der Waals surface area contributed by atoms with E-state index in [1.54, 1.807) is 0 Å². The predicted molar refractivity (Wildman–Crippen MR) is 53.7 cm³/mol. The number of aliphatic hydroxyl groups is 1. The lowest BCUT2D eigenvalue weighted by molar-refractivity contribution is -0.384. The number of rotatable bonds is 4. The van der Waals surface area contributed by atoms with Gasteiger partial charge in [-0.3, -0.25) is 14.9 Å². The summed E-state index contributed by atoms with van der Waals surface area (Å²) in [6.07, 6.45) is -1.39. The summed E-state index contributed by atoms with van der Waals surface area (Å²) in [4.78, 5) is 20.3. The largest absolute Gasteiger partial charge is 0.480 e. The van der Waals surface area contributed by atoms with Crippen molar-refractivity contribution in [2.45, 2.75) is 12.1 Å². The van der Waals surface area contributed by atoms with Crippen LogP contribution in [0.1, 0.15) is 11.7 Å². The Morgan fingerprint density at radius 3 is 2.25 bits per heavy atom. The maximum Gasteiger partial charge on any atom is 0.323 e. The first kappa shape index (κ1) is 12.1. The average Bonchev–Trinajstić information content (AvgIpc) is 2.27. The van der Waals surface area contributed by atoms with E-state index in [1.165, 1.54) is 24.3 Å². The second kappa shape index (κ2) is 4.69. The Bertz CT molecular complexity index is 403. The van der Waals surface area contributed by atoms with Crippen LogP contribution in [0, 0.1) is 10.1 Å². The molecule has 0 aliphatic rings. The lowest BCUT2D eigenvalue weighted by Crippen LogP contribution is -2.36. The van der Waals surface area contributed by atoms with Gasteiger partial charge in [0, 0.05) is 12.1 Å². The number of aliphatic carboxylic acids is 1. The highest BCUT2D eigenvalue weighted by Crippen LogP contribution is 2.19. The third-order valence-electron chi connectivity index (χ3n) is 2.07. The van der Waals surface area contributed by atoms with Crippen molar-refractivity contribution in [3.05, 3.63) is 39.9 Å². The number of carboxylic acid groups (broad SMARTS) is 1. The standard InChI is InChI=1S/C9H10N2O5/c10-7(9(13)14)8(12)5-1-3-6(4-2-5)11(15)16/h1-4,7-8,12H,10H2,(H,13,14)/t7-,8-/m1/s1. The number of hydrogen-bond acceptors (Lipinski definition) is 5. The van der Waals surface area contributed by atoms with Gasteiger partial charge >= 0.3 is 5.97 Å². The van der Waals surface area contributed by atoms with Crippen LogP contribution in [0.15, 0.2) is 24.3 Å². The molecule has 0 aromatic heterocycles. The molecule has 0 saturated heterocycles. The summed E-state index contributed by atoms with van der Waals surface area (Å²) in [5, 5.41) is 28.4. The quantitative estimate of drug-likeness (QED) is 0.491. The molecule has 2 atom stereocenters. The molecular weight excluding hydrogens is 216 g/mol. The van der Waals surface area contributed by atoms with Gasteiger partial charge in [-0.1, -0.05) is 0 Å². The SMILES string of the molecule is N[C@@H](C(=O)O)[C@H](O)c1ccc([N+](=O)[O-])cc1. The van der Waals surface area contributed by atoms with Crippen LogP contribution in [0.2, 0.25) is 0 Å². The van der Waals surface area contributed by atoms with Crippen molar-refractivity contribution in [3.8, 4) is 0 Å². The van der Waals surface area contributed by atoms with Gasteiger partial charge in [-0.15, -0.1) is 0 Å². The second-order valence-electron chi connectivity index (χ2n) is 3.16. The Kier molecular flexibility index (Phi) is 3.54. The third kappa shape index (κ3) is 2.53. The molecule has 1 aromatic rings. The molecule has 0 saturated carbocycles. The minimum Gasteiger partial charge on any atom is -0.480 e. The summed E-state index contributed by atoms with van der Waals surface area (Å²) >= 11 is 0. The van der Waals surface area contributed by atoms with E-state index in [1.807, 2.05) is 0 Å². The number of carbonyl (C=O) groups is 1. The topological polar surface area (TPSA) is 127 Å². The summed E-state index contributed by atoms with van der Waals surface area (Å²) < 4.78 is 0. The molecule has 7 nitrogen and oxygen atoms in total. The van der Waals surface area contributed by atoms with Crippen molar-refractivity contribution >= 4 is 11.7 Å². The number of nitrogens with zero attached hydrogens (tertiary/aromatic N) is 1. The highest BCUT2D eigenvalue weighted by Gasteiger charge is 2.23. The van der Waals surface area contributed by atoms with Crippen LogP contribution in [-0.2, 0) is 4.79 Å². The number of carboxylic acids is 1. The van der Waals surface area contributed by atoms with Gasteiger partial charge in [-0.05, 0) is 17.7 Å². The van der Waals surface area contributed by atoms with Crippen LogP contribution >= 0.6 is 0 Å². The van der Waals surface area contributed by atoms with E-state index in [0.29, 0.717) is 0 Å². The maximum absolute atomic E-state index is 10.5. The van der Waals surface area contributed by atoms with Gasteiger partial charge < -0.3 is 15.9 Å². The number of nitrogens with two attached hydrogens (primary N) is 1. The molecule has 7 heteroatoms. The van der Waals surface area contributed by atoms with Crippen molar-refractivity contribution in [2.24, 2.45) is 5.73 Å². The van der Waals surface area contributed by atoms with E-state index in [-0.39, 0.29) is 11.3 Å². The molecule has 1 aromatic carbocycles. The number of aliphatic hydroxyl groups excluding tert-OH is 1.